The Balaban J connectivity index is 1.84. The lowest BCUT2D eigenvalue weighted by Gasteiger charge is -2.17. The van der Waals surface area contributed by atoms with Crippen molar-refractivity contribution in [2.24, 2.45) is 0 Å². The molecule has 1 atom stereocenters. The number of amides is 2. The highest BCUT2D eigenvalue weighted by Crippen LogP contribution is 2.30. The molecule has 0 saturated carbocycles. The fourth-order valence-electron chi connectivity index (χ4n) is 2.41. The predicted octanol–water partition coefficient (Wildman–Crippen LogP) is 3.74. The average Bonchev–Trinajstić information content (AvgIpc) is 2.74. The zero-order valence-corrected chi connectivity index (χ0v) is 12.9. The summed E-state index contributed by atoms with van der Waals surface area (Å²) in [6.45, 7) is 0. The predicted molar refractivity (Wildman–Crippen MR) is 87.4 cm³/mol. The van der Waals surface area contributed by atoms with Crippen LogP contribution in [0.4, 0.5) is 11.4 Å². The zero-order chi connectivity index (χ0) is 15.7. The van der Waals surface area contributed by atoms with Gasteiger partial charge in [0.25, 0.3) is 5.91 Å². The van der Waals surface area contributed by atoms with E-state index in [4.69, 9.17) is 23.2 Å². The maximum absolute atomic E-state index is 12.5. The second-order valence-corrected chi connectivity index (χ2v) is 5.77. The van der Waals surface area contributed by atoms with Gasteiger partial charge in [-0.2, -0.15) is 0 Å². The summed E-state index contributed by atoms with van der Waals surface area (Å²) in [5.41, 5.74) is 1.11. The van der Waals surface area contributed by atoms with E-state index in [0.717, 1.165) is 4.90 Å². The third-order valence-corrected chi connectivity index (χ3v) is 3.96. The van der Waals surface area contributed by atoms with Crippen LogP contribution in [0.1, 0.15) is 6.42 Å². The Morgan fingerprint density at radius 3 is 2.55 bits per heavy atom. The summed E-state index contributed by atoms with van der Waals surface area (Å²) in [4.78, 5) is 25.8. The number of carbonyl (C=O) groups excluding carboxylic acids is 2. The summed E-state index contributed by atoms with van der Waals surface area (Å²) in [6, 6.07) is 13.2. The Labute approximate surface area is 137 Å². The number of nitrogens with zero attached hydrogens (tertiary/aromatic N) is 1. The number of nitrogens with one attached hydrogen (secondary N) is 1. The largest absolute Gasteiger partial charge is 0.373 e. The Bertz CT molecular complexity index is 748. The first-order chi connectivity index (χ1) is 10.6. The molecule has 2 aromatic carbocycles. The lowest BCUT2D eigenvalue weighted by atomic mass is 10.2. The lowest BCUT2D eigenvalue weighted by Crippen LogP contribution is -2.35. The van der Waals surface area contributed by atoms with E-state index >= 15 is 0 Å². The van der Waals surface area contributed by atoms with Crippen LogP contribution in [0.3, 0.4) is 0 Å². The fourth-order valence-corrected chi connectivity index (χ4v) is 2.82. The van der Waals surface area contributed by atoms with Gasteiger partial charge in [0.05, 0.1) is 17.1 Å². The van der Waals surface area contributed by atoms with Gasteiger partial charge in [0.1, 0.15) is 6.04 Å². The zero-order valence-electron chi connectivity index (χ0n) is 11.4. The van der Waals surface area contributed by atoms with Gasteiger partial charge < -0.3 is 5.32 Å². The summed E-state index contributed by atoms with van der Waals surface area (Å²) in [5, 5.41) is 3.97. The minimum absolute atomic E-state index is 0.0799. The standard InChI is InChI=1S/C16H12Cl2N2O2/c17-10-4-3-5-11(8-10)19-13-9-15(21)20(16(13)22)14-7-2-1-6-12(14)18/h1-8,13,19H,9H2/t13-/m1/s1. The summed E-state index contributed by atoms with van der Waals surface area (Å²) in [6.07, 6.45) is 0.0799. The van der Waals surface area contributed by atoms with Gasteiger partial charge in [-0.15, -0.1) is 0 Å². The van der Waals surface area contributed by atoms with Gasteiger partial charge in [-0.1, -0.05) is 41.4 Å². The van der Waals surface area contributed by atoms with Crippen LogP contribution in [0.5, 0.6) is 0 Å². The van der Waals surface area contributed by atoms with Gasteiger partial charge in [0.15, 0.2) is 0 Å². The van der Waals surface area contributed by atoms with Crippen molar-refractivity contribution in [3.63, 3.8) is 0 Å². The van der Waals surface area contributed by atoms with Gasteiger partial charge in [-0.3, -0.25) is 9.59 Å². The van der Waals surface area contributed by atoms with Crippen LogP contribution in [0, 0.1) is 0 Å². The first kappa shape index (κ1) is 14.9. The molecular formula is C16H12Cl2N2O2. The van der Waals surface area contributed by atoms with Crippen molar-refractivity contribution in [3.05, 3.63) is 58.6 Å². The second kappa shape index (κ2) is 5.99. The molecule has 3 rings (SSSR count). The Kier molecular flexibility index (Phi) is 4.05. The maximum Gasteiger partial charge on any atom is 0.256 e. The summed E-state index contributed by atoms with van der Waals surface area (Å²) in [5.74, 6) is -0.601. The van der Waals surface area contributed by atoms with E-state index < -0.39 is 6.04 Å². The van der Waals surface area contributed by atoms with E-state index in [0.29, 0.717) is 21.4 Å². The third kappa shape index (κ3) is 2.80. The molecule has 0 aliphatic carbocycles. The van der Waals surface area contributed by atoms with Gasteiger partial charge in [-0.25, -0.2) is 4.90 Å². The molecule has 0 bridgehead atoms. The highest BCUT2D eigenvalue weighted by atomic mass is 35.5. The van der Waals surface area contributed by atoms with Gasteiger partial charge in [0.2, 0.25) is 5.91 Å². The van der Waals surface area contributed by atoms with Crippen LogP contribution in [0.25, 0.3) is 0 Å². The number of halogens is 2. The number of imide groups is 1. The van der Waals surface area contributed by atoms with Crippen molar-refractivity contribution in [2.45, 2.75) is 12.5 Å². The molecule has 2 aromatic rings. The molecular weight excluding hydrogens is 323 g/mol. The molecule has 112 valence electrons. The minimum atomic E-state index is -0.623. The lowest BCUT2D eigenvalue weighted by molar-refractivity contribution is -0.121. The normalized spacial score (nSPS) is 17.9. The topological polar surface area (TPSA) is 49.4 Å². The number of hydrogen-bond donors (Lipinski definition) is 1. The highest BCUT2D eigenvalue weighted by Gasteiger charge is 2.40. The number of benzene rings is 2. The maximum atomic E-state index is 12.5. The van der Waals surface area contributed by atoms with E-state index in [1.807, 2.05) is 0 Å². The third-order valence-electron chi connectivity index (χ3n) is 3.41. The molecule has 1 aliphatic heterocycles. The molecule has 0 radical (unpaired) electrons. The molecule has 22 heavy (non-hydrogen) atoms. The molecule has 1 aliphatic rings. The Morgan fingerprint density at radius 1 is 1.05 bits per heavy atom. The van der Waals surface area contributed by atoms with Crippen LogP contribution < -0.4 is 10.2 Å². The van der Waals surface area contributed by atoms with Crippen molar-refractivity contribution in [1.82, 2.24) is 0 Å². The van der Waals surface area contributed by atoms with Gasteiger partial charge >= 0.3 is 0 Å². The molecule has 0 spiro atoms. The van der Waals surface area contributed by atoms with E-state index in [-0.39, 0.29) is 18.2 Å². The van der Waals surface area contributed by atoms with Crippen LogP contribution >= 0.6 is 23.2 Å². The van der Waals surface area contributed by atoms with Crippen LogP contribution in [0.15, 0.2) is 48.5 Å². The molecule has 1 N–H and O–H groups in total. The van der Waals surface area contributed by atoms with Crippen LogP contribution in [-0.4, -0.2) is 17.9 Å². The van der Waals surface area contributed by atoms with E-state index in [1.165, 1.54) is 0 Å². The molecule has 1 saturated heterocycles. The summed E-state index contributed by atoms with van der Waals surface area (Å²) in [7, 11) is 0. The smallest absolute Gasteiger partial charge is 0.256 e. The highest BCUT2D eigenvalue weighted by molar-refractivity contribution is 6.36. The van der Waals surface area contributed by atoms with Crippen LogP contribution in [-0.2, 0) is 9.59 Å². The van der Waals surface area contributed by atoms with Crippen molar-refractivity contribution >= 4 is 46.4 Å². The molecule has 1 heterocycles. The van der Waals surface area contributed by atoms with E-state index in [2.05, 4.69) is 5.32 Å². The summed E-state index contributed by atoms with van der Waals surface area (Å²) < 4.78 is 0. The number of anilines is 2. The van der Waals surface area contributed by atoms with Crippen molar-refractivity contribution in [3.8, 4) is 0 Å². The first-order valence-corrected chi connectivity index (χ1v) is 7.45. The molecule has 0 aromatic heterocycles. The average molecular weight is 335 g/mol. The SMILES string of the molecule is O=C1C[C@@H](Nc2cccc(Cl)c2)C(=O)N1c1ccccc1Cl. The molecule has 4 nitrogen and oxygen atoms in total. The van der Waals surface area contributed by atoms with E-state index in [9.17, 15) is 9.59 Å². The van der Waals surface area contributed by atoms with Gasteiger partial charge in [0, 0.05) is 10.7 Å². The first-order valence-electron chi connectivity index (χ1n) is 6.69. The van der Waals surface area contributed by atoms with Crippen molar-refractivity contribution < 1.29 is 9.59 Å². The van der Waals surface area contributed by atoms with Crippen molar-refractivity contribution in [2.75, 3.05) is 10.2 Å². The Morgan fingerprint density at radius 2 is 1.82 bits per heavy atom. The van der Waals surface area contributed by atoms with E-state index in [1.54, 1.807) is 48.5 Å². The van der Waals surface area contributed by atoms with Crippen molar-refractivity contribution in [1.29, 1.82) is 0 Å². The van der Waals surface area contributed by atoms with Crippen LogP contribution in [0.2, 0.25) is 10.0 Å². The number of carbonyl (C=O) groups is 2. The number of rotatable bonds is 3. The van der Waals surface area contributed by atoms with Gasteiger partial charge in [-0.05, 0) is 30.3 Å². The minimum Gasteiger partial charge on any atom is -0.373 e. The molecule has 1 fully saturated rings. The molecule has 6 heteroatoms. The number of para-hydroxylation sites is 1. The number of hydrogen-bond acceptors (Lipinski definition) is 3. The summed E-state index contributed by atoms with van der Waals surface area (Å²) >= 11 is 12.0. The molecule has 2 amide bonds. The quantitative estimate of drug-likeness (QED) is 0.870. The molecule has 0 unspecified atom stereocenters. The monoisotopic (exact) mass is 334 g/mol. The fraction of sp³-hybridized carbons (Fsp3) is 0.125. The Hall–Kier alpha value is -2.04. The second-order valence-electron chi connectivity index (χ2n) is 4.93.